The number of hydrogen-bond donors (Lipinski definition) is 3. The molecule has 1 aliphatic rings. The molecule has 4 N–H and O–H groups in total. The summed E-state index contributed by atoms with van der Waals surface area (Å²) < 4.78 is 0. The van der Waals surface area contributed by atoms with Gasteiger partial charge >= 0.3 is 5.97 Å². The number of nitrogens with two attached hydrogens (primary N) is 1. The summed E-state index contributed by atoms with van der Waals surface area (Å²) in [5, 5.41) is 13.7. The molecule has 2 rings (SSSR count). The van der Waals surface area contributed by atoms with Gasteiger partial charge in [-0.05, 0) is 12.8 Å². The van der Waals surface area contributed by atoms with E-state index in [0.717, 1.165) is 32.1 Å². The van der Waals surface area contributed by atoms with Crippen LogP contribution < -0.4 is 11.1 Å². The SMILES string of the molecule is NC1CCCCCC1C(=O)NCc1nc(C(=O)O)cs1. The fourth-order valence-corrected chi connectivity index (χ4v) is 3.15. The molecule has 0 aliphatic heterocycles. The lowest BCUT2D eigenvalue weighted by Crippen LogP contribution is -2.41. The van der Waals surface area contributed by atoms with Gasteiger partial charge in [-0.25, -0.2) is 9.78 Å². The van der Waals surface area contributed by atoms with Gasteiger partial charge < -0.3 is 16.2 Å². The second-order valence-corrected chi connectivity index (χ2v) is 6.00. The maximum atomic E-state index is 12.1. The molecule has 110 valence electrons. The van der Waals surface area contributed by atoms with E-state index in [0.29, 0.717) is 5.01 Å². The molecular formula is C13H19N3O3S. The highest BCUT2D eigenvalue weighted by Gasteiger charge is 2.26. The first kappa shape index (κ1) is 14.9. The molecule has 2 unspecified atom stereocenters. The first-order valence-electron chi connectivity index (χ1n) is 6.79. The summed E-state index contributed by atoms with van der Waals surface area (Å²) in [7, 11) is 0. The van der Waals surface area contributed by atoms with Gasteiger partial charge in [0.05, 0.1) is 12.5 Å². The van der Waals surface area contributed by atoms with Crippen LogP contribution in [0.5, 0.6) is 0 Å². The summed E-state index contributed by atoms with van der Waals surface area (Å²) in [6, 6.07) is -0.0802. The van der Waals surface area contributed by atoms with Crippen LogP contribution in [-0.2, 0) is 11.3 Å². The number of nitrogens with one attached hydrogen (secondary N) is 1. The van der Waals surface area contributed by atoms with Gasteiger partial charge in [-0.3, -0.25) is 4.79 Å². The summed E-state index contributed by atoms with van der Waals surface area (Å²) >= 11 is 1.23. The lowest BCUT2D eigenvalue weighted by molar-refractivity contribution is -0.126. The van der Waals surface area contributed by atoms with Crippen LogP contribution >= 0.6 is 11.3 Å². The lowest BCUT2D eigenvalue weighted by atomic mass is 9.95. The van der Waals surface area contributed by atoms with E-state index in [2.05, 4.69) is 10.3 Å². The number of aromatic carboxylic acids is 1. The monoisotopic (exact) mass is 297 g/mol. The summed E-state index contributed by atoms with van der Waals surface area (Å²) in [5.41, 5.74) is 6.06. The molecule has 0 aromatic carbocycles. The Labute approximate surface area is 121 Å². The average molecular weight is 297 g/mol. The first-order chi connectivity index (χ1) is 9.58. The molecule has 1 heterocycles. The number of aromatic nitrogens is 1. The molecule has 1 amide bonds. The van der Waals surface area contributed by atoms with Gasteiger partial charge in [-0.2, -0.15) is 0 Å². The van der Waals surface area contributed by atoms with E-state index in [1.807, 2.05) is 0 Å². The number of carbonyl (C=O) groups excluding carboxylic acids is 1. The van der Waals surface area contributed by atoms with E-state index in [4.69, 9.17) is 10.8 Å². The van der Waals surface area contributed by atoms with E-state index >= 15 is 0 Å². The van der Waals surface area contributed by atoms with Crippen molar-refractivity contribution in [1.29, 1.82) is 0 Å². The van der Waals surface area contributed by atoms with Gasteiger partial charge in [0.15, 0.2) is 5.69 Å². The van der Waals surface area contributed by atoms with Crippen LogP contribution in [0.1, 0.15) is 47.6 Å². The van der Waals surface area contributed by atoms with Crippen LogP contribution in [0.15, 0.2) is 5.38 Å². The Morgan fingerprint density at radius 2 is 2.15 bits per heavy atom. The topological polar surface area (TPSA) is 105 Å². The largest absolute Gasteiger partial charge is 0.476 e. The van der Waals surface area contributed by atoms with E-state index in [9.17, 15) is 9.59 Å². The molecule has 7 heteroatoms. The zero-order valence-electron chi connectivity index (χ0n) is 11.2. The zero-order chi connectivity index (χ0) is 14.5. The molecule has 1 aromatic heterocycles. The number of rotatable bonds is 4. The molecule has 1 fully saturated rings. The second kappa shape index (κ2) is 6.81. The van der Waals surface area contributed by atoms with Gasteiger partial charge in [0.25, 0.3) is 0 Å². The highest BCUT2D eigenvalue weighted by atomic mass is 32.1. The van der Waals surface area contributed by atoms with Crippen molar-refractivity contribution in [3.8, 4) is 0 Å². The smallest absolute Gasteiger partial charge is 0.355 e. The van der Waals surface area contributed by atoms with Crippen molar-refractivity contribution < 1.29 is 14.7 Å². The van der Waals surface area contributed by atoms with Gasteiger partial charge in [0.2, 0.25) is 5.91 Å². The normalized spacial score (nSPS) is 23.1. The third kappa shape index (κ3) is 3.77. The average Bonchev–Trinajstić information content (AvgIpc) is 2.79. The molecule has 6 nitrogen and oxygen atoms in total. The van der Waals surface area contributed by atoms with Crippen LogP contribution in [0.2, 0.25) is 0 Å². The summed E-state index contributed by atoms with van der Waals surface area (Å²) in [6.07, 6.45) is 4.96. The number of nitrogens with zero attached hydrogens (tertiary/aromatic N) is 1. The van der Waals surface area contributed by atoms with Crippen LogP contribution in [0.4, 0.5) is 0 Å². The number of hydrogen-bond acceptors (Lipinski definition) is 5. The van der Waals surface area contributed by atoms with Crippen LogP contribution in [-0.4, -0.2) is 28.0 Å². The van der Waals surface area contributed by atoms with Crippen molar-refractivity contribution in [1.82, 2.24) is 10.3 Å². The summed E-state index contributed by atoms with van der Waals surface area (Å²) in [6.45, 7) is 0.264. The highest BCUT2D eigenvalue weighted by molar-refractivity contribution is 7.09. The van der Waals surface area contributed by atoms with Crippen molar-refractivity contribution in [2.45, 2.75) is 44.7 Å². The fraction of sp³-hybridized carbons (Fsp3) is 0.615. The van der Waals surface area contributed by atoms with Crippen LogP contribution in [0.25, 0.3) is 0 Å². The van der Waals surface area contributed by atoms with Crippen molar-refractivity contribution in [2.24, 2.45) is 11.7 Å². The maximum Gasteiger partial charge on any atom is 0.355 e. The molecule has 1 aliphatic carbocycles. The summed E-state index contributed by atoms with van der Waals surface area (Å²) in [4.78, 5) is 26.8. The third-order valence-electron chi connectivity index (χ3n) is 3.59. The van der Waals surface area contributed by atoms with Crippen molar-refractivity contribution in [3.05, 3.63) is 16.1 Å². The Balaban J connectivity index is 1.88. The summed E-state index contributed by atoms with van der Waals surface area (Å²) in [5.74, 6) is -1.24. The Morgan fingerprint density at radius 3 is 2.85 bits per heavy atom. The molecule has 20 heavy (non-hydrogen) atoms. The fourth-order valence-electron chi connectivity index (χ4n) is 2.45. The maximum absolute atomic E-state index is 12.1. The number of carbonyl (C=O) groups is 2. The Hall–Kier alpha value is -1.47. The quantitative estimate of drug-likeness (QED) is 0.728. The minimum Gasteiger partial charge on any atom is -0.476 e. The highest BCUT2D eigenvalue weighted by Crippen LogP contribution is 2.22. The van der Waals surface area contributed by atoms with Crippen molar-refractivity contribution in [3.63, 3.8) is 0 Å². The standard InChI is InChI=1S/C13H19N3O3S/c14-9-5-3-1-2-4-8(9)12(17)15-6-11-16-10(7-20-11)13(18)19/h7-9H,1-6,14H2,(H,15,17)(H,18,19). The first-order valence-corrected chi connectivity index (χ1v) is 7.67. The van der Waals surface area contributed by atoms with E-state index in [-0.39, 0.29) is 30.1 Å². The van der Waals surface area contributed by atoms with E-state index in [1.165, 1.54) is 16.7 Å². The van der Waals surface area contributed by atoms with E-state index in [1.54, 1.807) is 0 Å². The van der Waals surface area contributed by atoms with Crippen molar-refractivity contribution in [2.75, 3.05) is 0 Å². The zero-order valence-corrected chi connectivity index (χ0v) is 12.0. The molecule has 0 radical (unpaired) electrons. The molecule has 1 aromatic rings. The van der Waals surface area contributed by atoms with Gasteiger partial charge in [0, 0.05) is 11.4 Å². The molecule has 0 saturated heterocycles. The molecule has 0 spiro atoms. The predicted octanol–water partition coefficient (Wildman–Crippen LogP) is 1.37. The number of thiazole rings is 1. The van der Waals surface area contributed by atoms with Gasteiger partial charge in [0.1, 0.15) is 5.01 Å². The molecular weight excluding hydrogens is 278 g/mol. The van der Waals surface area contributed by atoms with Gasteiger partial charge in [-0.15, -0.1) is 11.3 Å². The Kier molecular flexibility index (Phi) is 5.08. The molecule has 2 atom stereocenters. The van der Waals surface area contributed by atoms with Crippen LogP contribution in [0, 0.1) is 5.92 Å². The Bertz CT molecular complexity index is 489. The minimum absolute atomic E-state index is 0.0189. The lowest BCUT2D eigenvalue weighted by Gasteiger charge is -2.20. The number of carboxylic acid groups (broad SMARTS) is 1. The van der Waals surface area contributed by atoms with Crippen LogP contribution in [0.3, 0.4) is 0 Å². The third-order valence-corrected chi connectivity index (χ3v) is 4.44. The number of amides is 1. The second-order valence-electron chi connectivity index (χ2n) is 5.06. The van der Waals surface area contributed by atoms with E-state index < -0.39 is 5.97 Å². The molecule has 1 saturated carbocycles. The predicted molar refractivity (Wildman–Crippen MR) is 75.5 cm³/mol. The minimum atomic E-state index is -1.05. The molecule has 0 bridgehead atoms. The van der Waals surface area contributed by atoms with Gasteiger partial charge in [-0.1, -0.05) is 19.3 Å². The van der Waals surface area contributed by atoms with Crippen molar-refractivity contribution >= 4 is 23.2 Å². The Morgan fingerprint density at radius 1 is 1.40 bits per heavy atom. The number of carboxylic acids is 1.